The molecule has 8 nitrogen and oxygen atoms in total. The minimum atomic E-state index is -0.609. The van der Waals surface area contributed by atoms with Gasteiger partial charge in [-0.25, -0.2) is 9.59 Å². The summed E-state index contributed by atoms with van der Waals surface area (Å²) in [6.07, 6.45) is 0. The van der Waals surface area contributed by atoms with Gasteiger partial charge >= 0.3 is 12.0 Å². The average Bonchev–Trinajstić information content (AvgIpc) is 2.49. The number of esters is 1. The van der Waals surface area contributed by atoms with Gasteiger partial charge < -0.3 is 15.4 Å². The van der Waals surface area contributed by atoms with Crippen LogP contribution in [0.2, 0.25) is 0 Å². The van der Waals surface area contributed by atoms with Gasteiger partial charge in [0.2, 0.25) is 0 Å². The van der Waals surface area contributed by atoms with Crippen molar-refractivity contribution in [2.24, 2.45) is 0 Å². The van der Waals surface area contributed by atoms with Gasteiger partial charge in [0.25, 0.3) is 5.69 Å². The van der Waals surface area contributed by atoms with E-state index in [1.807, 2.05) is 0 Å². The highest BCUT2D eigenvalue weighted by molar-refractivity contribution is 5.96. The van der Waals surface area contributed by atoms with Crippen molar-refractivity contribution in [3.63, 3.8) is 0 Å². The molecule has 1 aromatic rings. The number of urea groups is 1. The molecule has 0 aromatic heterocycles. The fraction of sp³-hybridized carbons (Fsp3) is 0.286. The Balaban J connectivity index is 2.36. The Morgan fingerprint density at radius 1 is 1.36 bits per heavy atom. The number of non-ortho nitro benzene ring substituents is 1. The van der Waals surface area contributed by atoms with E-state index < -0.39 is 23.0 Å². The van der Waals surface area contributed by atoms with Crippen molar-refractivity contribution in [2.75, 3.05) is 6.61 Å². The van der Waals surface area contributed by atoms with Gasteiger partial charge in [0, 0.05) is 12.1 Å². The second-order valence-corrected chi connectivity index (χ2v) is 4.66. The summed E-state index contributed by atoms with van der Waals surface area (Å²) in [5.41, 5.74) is 1.26. The van der Waals surface area contributed by atoms with Gasteiger partial charge in [0.1, 0.15) is 5.70 Å². The Labute approximate surface area is 126 Å². The van der Waals surface area contributed by atoms with Crippen molar-refractivity contribution >= 4 is 17.7 Å². The third-order valence-electron chi connectivity index (χ3n) is 3.26. The lowest BCUT2D eigenvalue weighted by Crippen LogP contribution is -2.45. The van der Waals surface area contributed by atoms with Crippen LogP contribution in [-0.4, -0.2) is 23.5 Å². The maximum atomic E-state index is 11.9. The van der Waals surface area contributed by atoms with E-state index in [2.05, 4.69) is 10.6 Å². The van der Waals surface area contributed by atoms with Crippen molar-refractivity contribution in [1.82, 2.24) is 10.6 Å². The van der Waals surface area contributed by atoms with Crippen LogP contribution in [0.1, 0.15) is 25.5 Å². The van der Waals surface area contributed by atoms with Gasteiger partial charge in [-0.05, 0) is 37.1 Å². The highest BCUT2D eigenvalue weighted by Crippen LogP contribution is 2.27. The first-order chi connectivity index (χ1) is 10.4. The molecule has 2 rings (SSSR count). The predicted octanol–water partition coefficient (Wildman–Crippen LogP) is 1.79. The number of rotatable bonds is 4. The molecule has 0 fully saturated rings. The monoisotopic (exact) mass is 305 g/mol. The van der Waals surface area contributed by atoms with Crippen LogP contribution in [0.5, 0.6) is 0 Å². The molecule has 8 heteroatoms. The van der Waals surface area contributed by atoms with Gasteiger partial charge in [0.05, 0.1) is 17.6 Å². The zero-order chi connectivity index (χ0) is 16.3. The molecule has 1 atom stereocenters. The normalized spacial score (nSPS) is 17.5. The number of nitro groups is 1. The summed E-state index contributed by atoms with van der Waals surface area (Å²) in [6, 6.07) is 4.70. The minimum absolute atomic E-state index is 0.0451. The van der Waals surface area contributed by atoms with E-state index in [9.17, 15) is 19.7 Å². The second-order valence-electron chi connectivity index (χ2n) is 4.66. The molecule has 0 unspecified atom stereocenters. The first kappa shape index (κ1) is 15.5. The molecule has 0 radical (unpaired) electrons. The molecular formula is C14H15N3O5. The van der Waals surface area contributed by atoms with E-state index in [1.165, 1.54) is 12.1 Å². The smallest absolute Gasteiger partial charge is 0.354 e. The summed E-state index contributed by atoms with van der Waals surface area (Å²) in [5.74, 6) is -0.609. The molecule has 1 aliphatic heterocycles. The SMILES string of the molecule is CCOC(=O)C1=C(C)[C@H](c2ccc([N+](=O)[O-])cc2)NC(=O)N1. The Morgan fingerprint density at radius 2 is 2.00 bits per heavy atom. The number of amides is 2. The Hall–Kier alpha value is -2.90. The number of hydrogen-bond acceptors (Lipinski definition) is 5. The van der Waals surface area contributed by atoms with Gasteiger partial charge in [-0.1, -0.05) is 0 Å². The molecule has 2 amide bonds. The zero-order valence-corrected chi connectivity index (χ0v) is 12.1. The average molecular weight is 305 g/mol. The van der Waals surface area contributed by atoms with E-state index in [0.717, 1.165) is 0 Å². The van der Waals surface area contributed by atoms with E-state index >= 15 is 0 Å². The summed E-state index contributed by atoms with van der Waals surface area (Å²) in [5, 5.41) is 15.8. The predicted molar refractivity (Wildman–Crippen MR) is 76.8 cm³/mol. The maximum Gasteiger partial charge on any atom is 0.354 e. The summed E-state index contributed by atoms with van der Waals surface area (Å²) in [4.78, 5) is 33.7. The fourth-order valence-electron chi connectivity index (χ4n) is 2.17. The number of carbonyl (C=O) groups excluding carboxylic acids is 2. The van der Waals surface area contributed by atoms with Crippen LogP contribution in [0.4, 0.5) is 10.5 Å². The van der Waals surface area contributed by atoms with Gasteiger partial charge in [0.15, 0.2) is 0 Å². The molecule has 1 aromatic carbocycles. The molecule has 22 heavy (non-hydrogen) atoms. The first-order valence-electron chi connectivity index (χ1n) is 6.63. The van der Waals surface area contributed by atoms with Crippen LogP contribution >= 0.6 is 0 Å². The molecule has 0 bridgehead atoms. The molecule has 0 saturated carbocycles. The number of ether oxygens (including phenoxy) is 1. The minimum Gasteiger partial charge on any atom is -0.461 e. The van der Waals surface area contributed by atoms with E-state index in [0.29, 0.717) is 11.1 Å². The second kappa shape index (κ2) is 6.25. The summed E-state index contributed by atoms with van der Waals surface area (Å²) in [7, 11) is 0. The largest absolute Gasteiger partial charge is 0.461 e. The number of nitro benzene ring substituents is 1. The molecule has 2 N–H and O–H groups in total. The molecule has 1 heterocycles. The van der Waals surface area contributed by atoms with Crippen LogP contribution in [0.25, 0.3) is 0 Å². The van der Waals surface area contributed by atoms with Crippen molar-refractivity contribution in [3.05, 3.63) is 51.2 Å². The van der Waals surface area contributed by atoms with Crippen molar-refractivity contribution < 1.29 is 19.2 Å². The van der Waals surface area contributed by atoms with Crippen LogP contribution < -0.4 is 10.6 Å². The number of benzene rings is 1. The number of nitrogens with zero attached hydrogens (tertiary/aromatic N) is 1. The Bertz CT molecular complexity index is 651. The third-order valence-corrected chi connectivity index (χ3v) is 3.26. The van der Waals surface area contributed by atoms with Crippen LogP contribution in [-0.2, 0) is 9.53 Å². The molecule has 0 spiro atoms. The Morgan fingerprint density at radius 3 is 2.55 bits per heavy atom. The van der Waals surface area contributed by atoms with E-state index in [1.54, 1.807) is 26.0 Å². The van der Waals surface area contributed by atoms with Gasteiger partial charge in [-0.15, -0.1) is 0 Å². The van der Waals surface area contributed by atoms with Gasteiger partial charge in [-0.2, -0.15) is 0 Å². The third kappa shape index (κ3) is 3.05. The van der Waals surface area contributed by atoms with Crippen LogP contribution in [0.15, 0.2) is 35.5 Å². The van der Waals surface area contributed by atoms with Crippen molar-refractivity contribution in [1.29, 1.82) is 0 Å². The van der Waals surface area contributed by atoms with Crippen LogP contribution in [0.3, 0.4) is 0 Å². The number of carbonyl (C=O) groups is 2. The summed E-state index contributed by atoms with van der Waals surface area (Å²) in [6.45, 7) is 3.55. The lowest BCUT2D eigenvalue weighted by Gasteiger charge is -2.27. The lowest BCUT2D eigenvalue weighted by molar-refractivity contribution is -0.384. The fourth-order valence-corrected chi connectivity index (χ4v) is 2.17. The van der Waals surface area contributed by atoms with Gasteiger partial charge in [-0.3, -0.25) is 10.1 Å². The van der Waals surface area contributed by atoms with E-state index in [4.69, 9.17) is 4.74 Å². The summed E-state index contributed by atoms with van der Waals surface area (Å²) < 4.78 is 4.91. The number of hydrogen-bond donors (Lipinski definition) is 2. The molecule has 1 aliphatic rings. The topological polar surface area (TPSA) is 111 Å². The van der Waals surface area contributed by atoms with Crippen LogP contribution in [0, 0.1) is 10.1 Å². The summed E-state index contributed by atoms with van der Waals surface area (Å²) >= 11 is 0. The molecular weight excluding hydrogens is 290 g/mol. The molecule has 0 aliphatic carbocycles. The molecule has 116 valence electrons. The Kier molecular flexibility index (Phi) is 4.40. The zero-order valence-electron chi connectivity index (χ0n) is 12.1. The maximum absolute atomic E-state index is 11.9. The number of nitrogens with one attached hydrogen (secondary N) is 2. The highest BCUT2D eigenvalue weighted by Gasteiger charge is 2.29. The van der Waals surface area contributed by atoms with Crippen molar-refractivity contribution in [2.45, 2.75) is 19.9 Å². The quantitative estimate of drug-likeness (QED) is 0.500. The molecule has 0 saturated heterocycles. The standard InChI is InChI=1S/C14H15N3O5/c1-3-22-13(18)12-8(2)11(15-14(19)16-12)9-4-6-10(7-5-9)17(20)21/h4-7,11H,3H2,1-2H3,(H2,15,16,19)/t11-/m1/s1. The van der Waals surface area contributed by atoms with E-state index in [-0.39, 0.29) is 18.0 Å². The first-order valence-corrected chi connectivity index (χ1v) is 6.63. The lowest BCUT2D eigenvalue weighted by atomic mass is 9.96. The van der Waals surface area contributed by atoms with Crippen molar-refractivity contribution in [3.8, 4) is 0 Å². The highest BCUT2D eigenvalue weighted by atomic mass is 16.6.